The molecule has 2 heterocycles. The number of hydrogen-bond acceptors (Lipinski definition) is 10. The average Bonchev–Trinajstić information content (AvgIpc) is 3.23. The van der Waals surface area contributed by atoms with Crippen LogP contribution in [0.4, 0.5) is 0 Å². The number of ether oxygens (including phenoxy) is 6. The zero-order valence-corrected chi connectivity index (χ0v) is 25.1. The van der Waals surface area contributed by atoms with Crippen molar-refractivity contribution in [2.45, 2.75) is 70.0 Å². The van der Waals surface area contributed by atoms with Crippen LogP contribution in [-0.4, -0.2) is 108 Å². The van der Waals surface area contributed by atoms with Crippen LogP contribution in [0.1, 0.15) is 68.1 Å². The number of cyclic esters (lactones) is 1. The molecular formula is C31H48N2O8. The van der Waals surface area contributed by atoms with Crippen LogP contribution in [-0.2, 0) is 19.0 Å². The molecule has 1 aromatic carbocycles. The van der Waals surface area contributed by atoms with Gasteiger partial charge in [-0.1, -0.05) is 6.42 Å². The number of fused-ring (bicyclic) bond motifs is 5. The summed E-state index contributed by atoms with van der Waals surface area (Å²) in [6.07, 6.45) is 7.53. The summed E-state index contributed by atoms with van der Waals surface area (Å²) in [5.41, 5.74) is 0.356. The molecule has 2 aliphatic heterocycles. The Balaban J connectivity index is 1.47. The molecule has 10 nitrogen and oxygen atoms in total. The van der Waals surface area contributed by atoms with E-state index < -0.39 is 5.97 Å². The van der Waals surface area contributed by atoms with Crippen molar-refractivity contribution in [2.24, 2.45) is 5.92 Å². The Labute approximate surface area is 244 Å². The lowest BCUT2D eigenvalue weighted by atomic mass is 9.87. The number of benzene rings is 1. The summed E-state index contributed by atoms with van der Waals surface area (Å²) in [6, 6.07) is 3.27. The van der Waals surface area contributed by atoms with Gasteiger partial charge in [0.1, 0.15) is 6.10 Å². The highest BCUT2D eigenvalue weighted by atomic mass is 16.6. The molecule has 5 atom stereocenters. The Hall–Kier alpha value is -2.56. The fourth-order valence-corrected chi connectivity index (χ4v) is 6.08. The lowest BCUT2D eigenvalue weighted by molar-refractivity contribution is -0.157. The first-order chi connectivity index (χ1) is 20.0. The molecule has 0 amide bonds. The maximum atomic E-state index is 13.2. The molecule has 0 radical (unpaired) electrons. The Morgan fingerprint density at radius 1 is 0.780 bits per heavy atom. The molecule has 4 bridgehead atoms. The number of rotatable bonds is 5. The predicted octanol–water partition coefficient (Wildman–Crippen LogP) is 3.94. The van der Waals surface area contributed by atoms with Gasteiger partial charge in [0, 0.05) is 33.3 Å². The molecule has 2 fully saturated rings. The Kier molecular flexibility index (Phi) is 12.4. The zero-order chi connectivity index (χ0) is 29.0. The van der Waals surface area contributed by atoms with Crippen LogP contribution in [0.25, 0.3) is 0 Å². The smallest absolute Gasteiger partial charge is 0.338 e. The molecule has 5 unspecified atom stereocenters. The van der Waals surface area contributed by atoms with Gasteiger partial charge in [-0.05, 0) is 76.6 Å². The number of esters is 2. The first-order valence-electron chi connectivity index (χ1n) is 15.2. The van der Waals surface area contributed by atoms with E-state index in [0.29, 0.717) is 48.9 Å². The van der Waals surface area contributed by atoms with Crippen LogP contribution in [0, 0.1) is 5.92 Å². The Morgan fingerprint density at radius 3 is 2.27 bits per heavy atom. The molecule has 1 saturated carbocycles. The van der Waals surface area contributed by atoms with Crippen molar-refractivity contribution < 1.29 is 38.0 Å². The number of methoxy groups -OCH3 is 3. The lowest BCUT2D eigenvalue weighted by Crippen LogP contribution is -2.35. The van der Waals surface area contributed by atoms with Gasteiger partial charge in [0.15, 0.2) is 11.5 Å². The number of hydrogen-bond donors (Lipinski definition) is 0. The molecular weight excluding hydrogens is 528 g/mol. The monoisotopic (exact) mass is 576 g/mol. The van der Waals surface area contributed by atoms with E-state index in [4.69, 9.17) is 28.4 Å². The third kappa shape index (κ3) is 9.21. The largest absolute Gasteiger partial charge is 0.493 e. The second-order valence-corrected chi connectivity index (χ2v) is 11.3. The summed E-state index contributed by atoms with van der Waals surface area (Å²) in [7, 11) is 4.79. The normalized spacial score (nSPS) is 28.6. The van der Waals surface area contributed by atoms with Crippen molar-refractivity contribution in [3.8, 4) is 17.2 Å². The SMILES string of the molecule is COc1cc2cc(c1OC)OCCCC(OC(=O)C1CCCC(OC)C1)CCN1CCCN(CCCOC2=O)CC1. The molecule has 0 aromatic heterocycles. The van der Waals surface area contributed by atoms with Crippen LogP contribution < -0.4 is 14.2 Å². The van der Waals surface area contributed by atoms with Crippen LogP contribution in [0.2, 0.25) is 0 Å². The van der Waals surface area contributed by atoms with Gasteiger partial charge in [-0.15, -0.1) is 0 Å². The van der Waals surface area contributed by atoms with Gasteiger partial charge < -0.3 is 38.2 Å². The van der Waals surface area contributed by atoms with Crippen molar-refractivity contribution in [3.05, 3.63) is 17.7 Å². The topological polar surface area (TPSA) is 96.0 Å². The summed E-state index contributed by atoms with van der Waals surface area (Å²) < 4.78 is 34.4. The molecule has 3 aliphatic rings. The van der Waals surface area contributed by atoms with Gasteiger partial charge in [-0.2, -0.15) is 0 Å². The number of carbonyl (C=O) groups is 2. The van der Waals surface area contributed by atoms with E-state index in [2.05, 4.69) is 9.80 Å². The van der Waals surface area contributed by atoms with Crippen molar-refractivity contribution in [3.63, 3.8) is 0 Å². The van der Waals surface area contributed by atoms with E-state index in [-0.39, 0.29) is 24.1 Å². The number of nitrogens with zero attached hydrogens (tertiary/aromatic N) is 2. The third-order valence-electron chi connectivity index (χ3n) is 8.48. The van der Waals surface area contributed by atoms with Crippen molar-refractivity contribution in [2.75, 3.05) is 73.8 Å². The second kappa shape index (κ2) is 16.2. The quantitative estimate of drug-likeness (QED) is 0.480. The van der Waals surface area contributed by atoms with Crippen molar-refractivity contribution in [1.82, 2.24) is 9.80 Å². The third-order valence-corrected chi connectivity index (χ3v) is 8.48. The molecule has 41 heavy (non-hydrogen) atoms. The van der Waals surface area contributed by atoms with E-state index in [1.54, 1.807) is 26.4 Å². The van der Waals surface area contributed by atoms with Crippen LogP contribution >= 0.6 is 0 Å². The van der Waals surface area contributed by atoms with E-state index in [1.165, 1.54) is 7.11 Å². The maximum absolute atomic E-state index is 13.2. The highest BCUT2D eigenvalue weighted by Gasteiger charge is 2.30. The van der Waals surface area contributed by atoms with Gasteiger partial charge in [0.05, 0.1) is 45.0 Å². The first kappa shape index (κ1) is 31.4. The molecule has 10 heteroatoms. The molecule has 230 valence electrons. The molecule has 0 spiro atoms. The van der Waals surface area contributed by atoms with Gasteiger partial charge in [-0.25, -0.2) is 4.79 Å². The van der Waals surface area contributed by atoms with Crippen LogP contribution in [0.15, 0.2) is 12.1 Å². The minimum Gasteiger partial charge on any atom is -0.493 e. The van der Waals surface area contributed by atoms with E-state index >= 15 is 0 Å². The molecule has 4 rings (SSSR count). The molecule has 1 aliphatic carbocycles. The van der Waals surface area contributed by atoms with Gasteiger partial charge in [0.2, 0.25) is 5.75 Å². The molecule has 1 aromatic rings. The zero-order valence-electron chi connectivity index (χ0n) is 25.1. The fourth-order valence-electron chi connectivity index (χ4n) is 6.08. The fraction of sp³-hybridized carbons (Fsp3) is 0.742. The lowest BCUT2D eigenvalue weighted by Gasteiger charge is -2.29. The molecule has 1 saturated heterocycles. The average molecular weight is 577 g/mol. The van der Waals surface area contributed by atoms with Gasteiger partial charge >= 0.3 is 11.9 Å². The van der Waals surface area contributed by atoms with E-state index in [9.17, 15) is 9.59 Å². The summed E-state index contributed by atoms with van der Waals surface area (Å²) >= 11 is 0. The maximum Gasteiger partial charge on any atom is 0.338 e. The van der Waals surface area contributed by atoms with Crippen LogP contribution in [0.3, 0.4) is 0 Å². The first-order valence-corrected chi connectivity index (χ1v) is 15.2. The Bertz CT molecular complexity index is 989. The standard InChI is InChI=1S/C31H48N2O8/c1-36-26-9-4-8-23(20-26)31(35)41-25-10-5-18-39-28-22-24(21-27(37-2)29(28)38-3)30(34)40-19-7-14-32-12-6-13-33(15-11-25)17-16-32/h21-23,25-26H,4-20H2,1-3H3. The summed E-state index contributed by atoms with van der Waals surface area (Å²) in [4.78, 5) is 31.0. The molecule has 0 N–H and O–H groups in total. The summed E-state index contributed by atoms with van der Waals surface area (Å²) in [6.45, 7) is 6.51. The highest BCUT2D eigenvalue weighted by Crippen LogP contribution is 2.39. The minimum absolute atomic E-state index is 0.101. The number of carbonyl (C=O) groups excluding carboxylic acids is 2. The van der Waals surface area contributed by atoms with Gasteiger partial charge in [-0.3, -0.25) is 4.79 Å². The van der Waals surface area contributed by atoms with Crippen LogP contribution in [0.5, 0.6) is 17.2 Å². The van der Waals surface area contributed by atoms with E-state index in [0.717, 1.165) is 84.2 Å². The second-order valence-electron chi connectivity index (χ2n) is 11.3. The highest BCUT2D eigenvalue weighted by molar-refractivity contribution is 5.91. The van der Waals surface area contributed by atoms with E-state index in [1.807, 2.05) is 0 Å². The van der Waals surface area contributed by atoms with Gasteiger partial charge in [0.25, 0.3) is 0 Å². The van der Waals surface area contributed by atoms with Crippen molar-refractivity contribution >= 4 is 11.9 Å². The predicted molar refractivity (Wildman–Crippen MR) is 154 cm³/mol. The summed E-state index contributed by atoms with van der Waals surface area (Å²) in [5, 5.41) is 0. The summed E-state index contributed by atoms with van der Waals surface area (Å²) in [5.74, 6) is 0.635. The minimum atomic E-state index is -0.416. The van der Waals surface area contributed by atoms with Crippen molar-refractivity contribution in [1.29, 1.82) is 0 Å². The Morgan fingerprint density at radius 2 is 1.51 bits per heavy atom.